The summed E-state index contributed by atoms with van der Waals surface area (Å²) in [7, 11) is 0. The monoisotopic (exact) mass is 277 g/mol. The van der Waals surface area contributed by atoms with Gasteiger partial charge < -0.3 is 15.3 Å². The molecule has 1 aromatic heterocycles. The Kier molecular flexibility index (Phi) is 4.55. The third kappa shape index (κ3) is 3.07. The van der Waals surface area contributed by atoms with E-state index < -0.39 is 6.04 Å². The van der Waals surface area contributed by atoms with Gasteiger partial charge in [-0.15, -0.1) is 0 Å². The number of aromatic hydroxyl groups is 1. The van der Waals surface area contributed by atoms with Gasteiger partial charge in [-0.3, -0.25) is 9.59 Å². The predicted molar refractivity (Wildman–Crippen MR) is 74.2 cm³/mol. The van der Waals surface area contributed by atoms with Crippen molar-refractivity contribution in [2.75, 3.05) is 11.9 Å². The van der Waals surface area contributed by atoms with Crippen molar-refractivity contribution in [1.82, 2.24) is 9.88 Å². The third-order valence-electron chi connectivity index (χ3n) is 3.46. The van der Waals surface area contributed by atoms with Crippen LogP contribution in [0.1, 0.15) is 32.6 Å². The van der Waals surface area contributed by atoms with E-state index in [-0.39, 0.29) is 23.4 Å². The average molecular weight is 277 g/mol. The molecule has 6 nitrogen and oxygen atoms in total. The quantitative estimate of drug-likeness (QED) is 0.877. The van der Waals surface area contributed by atoms with Crippen LogP contribution in [0.25, 0.3) is 0 Å². The summed E-state index contributed by atoms with van der Waals surface area (Å²) in [6.07, 6.45) is 4.36. The number of nitrogens with one attached hydrogen (secondary N) is 1. The van der Waals surface area contributed by atoms with E-state index in [9.17, 15) is 14.7 Å². The zero-order chi connectivity index (χ0) is 14.5. The molecule has 1 aliphatic rings. The second kappa shape index (κ2) is 6.36. The minimum absolute atomic E-state index is 0.0184. The Morgan fingerprint density at radius 3 is 3.00 bits per heavy atom. The molecule has 2 rings (SSSR count). The molecule has 1 unspecified atom stereocenters. The number of piperidine rings is 1. The Labute approximate surface area is 117 Å². The van der Waals surface area contributed by atoms with Crippen LogP contribution in [0.4, 0.5) is 5.82 Å². The van der Waals surface area contributed by atoms with Gasteiger partial charge in [-0.25, -0.2) is 4.98 Å². The number of likely N-dealkylation sites (tertiary alicyclic amines) is 1. The molecule has 0 spiro atoms. The summed E-state index contributed by atoms with van der Waals surface area (Å²) in [5.41, 5.74) is 0. The van der Waals surface area contributed by atoms with Crippen molar-refractivity contribution < 1.29 is 14.7 Å². The summed E-state index contributed by atoms with van der Waals surface area (Å²) in [6.45, 7) is 2.40. The maximum atomic E-state index is 12.3. The zero-order valence-electron chi connectivity index (χ0n) is 11.5. The molecule has 20 heavy (non-hydrogen) atoms. The minimum atomic E-state index is -0.474. The van der Waals surface area contributed by atoms with E-state index >= 15 is 0 Å². The molecule has 1 aromatic rings. The highest BCUT2D eigenvalue weighted by Gasteiger charge is 2.31. The van der Waals surface area contributed by atoms with Gasteiger partial charge in [-0.2, -0.15) is 0 Å². The number of anilines is 1. The number of carbonyl (C=O) groups is 2. The van der Waals surface area contributed by atoms with Crippen LogP contribution in [0.5, 0.6) is 5.75 Å². The lowest BCUT2D eigenvalue weighted by atomic mass is 10.0. The van der Waals surface area contributed by atoms with Crippen LogP contribution in [-0.2, 0) is 9.59 Å². The first-order chi connectivity index (χ1) is 9.63. The summed E-state index contributed by atoms with van der Waals surface area (Å²) in [5.74, 6) is -0.257. The van der Waals surface area contributed by atoms with Crippen LogP contribution >= 0.6 is 0 Å². The number of hydrogen-bond donors (Lipinski definition) is 2. The van der Waals surface area contributed by atoms with Gasteiger partial charge in [0.2, 0.25) is 11.8 Å². The van der Waals surface area contributed by atoms with Gasteiger partial charge in [-0.05, 0) is 31.4 Å². The first-order valence-electron chi connectivity index (χ1n) is 6.87. The molecule has 1 atom stereocenters. The molecule has 2 amide bonds. The maximum absolute atomic E-state index is 12.3. The van der Waals surface area contributed by atoms with Gasteiger partial charge in [0.25, 0.3) is 0 Å². The Morgan fingerprint density at radius 1 is 1.50 bits per heavy atom. The van der Waals surface area contributed by atoms with Gasteiger partial charge in [0.1, 0.15) is 6.04 Å². The smallest absolute Gasteiger partial charge is 0.248 e. The van der Waals surface area contributed by atoms with E-state index in [4.69, 9.17) is 0 Å². The first-order valence-corrected chi connectivity index (χ1v) is 6.87. The predicted octanol–water partition coefficient (Wildman–Crippen LogP) is 1.52. The zero-order valence-corrected chi connectivity index (χ0v) is 11.5. The number of nitrogens with zero attached hydrogens (tertiary/aromatic N) is 2. The normalized spacial score (nSPS) is 18.6. The molecule has 0 bridgehead atoms. The summed E-state index contributed by atoms with van der Waals surface area (Å²) in [6, 6.07) is 2.56. The number of hydrogen-bond acceptors (Lipinski definition) is 4. The van der Waals surface area contributed by atoms with Crippen LogP contribution in [-0.4, -0.2) is 39.4 Å². The lowest BCUT2D eigenvalue weighted by molar-refractivity contribution is -0.140. The molecule has 1 fully saturated rings. The van der Waals surface area contributed by atoms with E-state index in [0.717, 1.165) is 12.8 Å². The second-order valence-electron chi connectivity index (χ2n) is 4.81. The van der Waals surface area contributed by atoms with Gasteiger partial charge in [0.15, 0.2) is 11.6 Å². The van der Waals surface area contributed by atoms with Crippen LogP contribution in [0, 0.1) is 0 Å². The van der Waals surface area contributed by atoms with E-state index in [0.29, 0.717) is 19.4 Å². The summed E-state index contributed by atoms with van der Waals surface area (Å²) in [5, 5.41) is 12.2. The Hall–Kier alpha value is -2.11. The third-order valence-corrected chi connectivity index (χ3v) is 3.46. The Balaban J connectivity index is 2.10. The highest BCUT2D eigenvalue weighted by Crippen LogP contribution is 2.22. The van der Waals surface area contributed by atoms with Gasteiger partial charge in [0.05, 0.1) is 0 Å². The van der Waals surface area contributed by atoms with E-state index in [1.54, 1.807) is 17.9 Å². The Morgan fingerprint density at radius 2 is 2.30 bits per heavy atom. The molecular formula is C14H19N3O3. The second-order valence-corrected chi connectivity index (χ2v) is 4.81. The van der Waals surface area contributed by atoms with E-state index in [2.05, 4.69) is 10.3 Å². The molecule has 108 valence electrons. The molecule has 0 saturated carbocycles. The van der Waals surface area contributed by atoms with Crippen LogP contribution in [0.15, 0.2) is 18.3 Å². The van der Waals surface area contributed by atoms with Gasteiger partial charge >= 0.3 is 0 Å². The molecule has 0 aliphatic carbocycles. The first kappa shape index (κ1) is 14.3. The summed E-state index contributed by atoms with van der Waals surface area (Å²) >= 11 is 0. The number of carbonyl (C=O) groups excluding carboxylic acids is 2. The van der Waals surface area contributed by atoms with Crippen molar-refractivity contribution in [3.8, 4) is 5.75 Å². The van der Waals surface area contributed by atoms with Crippen molar-refractivity contribution in [2.45, 2.75) is 38.6 Å². The van der Waals surface area contributed by atoms with Crippen molar-refractivity contribution in [1.29, 1.82) is 0 Å². The number of pyridine rings is 1. The molecule has 2 heterocycles. The fourth-order valence-electron chi connectivity index (χ4n) is 2.40. The standard InChI is InChI=1S/C14H19N3O3/c1-2-12(19)17-9-4-3-6-10(17)14(20)16-13-11(18)7-5-8-15-13/h5,7-8,10,18H,2-4,6,9H2,1H3,(H,15,16,20). The number of rotatable bonds is 3. The van der Waals surface area contributed by atoms with Crippen molar-refractivity contribution in [2.24, 2.45) is 0 Å². The van der Waals surface area contributed by atoms with Gasteiger partial charge in [0, 0.05) is 19.2 Å². The van der Waals surface area contributed by atoms with Crippen LogP contribution in [0.2, 0.25) is 0 Å². The van der Waals surface area contributed by atoms with Crippen LogP contribution in [0.3, 0.4) is 0 Å². The van der Waals surface area contributed by atoms with Crippen molar-refractivity contribution in [3.63, 3.8) is 0 Å². The lowest BCUT2D eigenvalue weighted by Gasteiger charge is -2.34. The lowest BCUT2D eigenvalue weighted by Crippen LogP contribution is -2.49. The molecule has 2 N–H and O–H groups in total. The molecule has 0 radical (unpaired) electrons. The number of aromatic nitrogens is 1. The highest BCUT2D eigenvalue weighted by molar-refractivity contribution is 5.97. The van der Waals surface area contributed by atoms with Crippen molar-refractivity contribution >= 4 is 17.6 Å². The van der Waals surface area contributed by atoms with E-state index in [1.165, 1.54) is 12.3 Å². The van der Waals surface area contributed by atoms with Crippen LogP contribution < -0.4 is 5.32 Å². The molecule has 1 saturated heterocycles. The minimum Gasteiger partial charge on any atom is -0.504 e. The summed E-state index contributed by atoms with van der Waals surface area (Å²) < 4.78 is 0. The maximum Gasteiger partial charge on any atom is 0.248 e. The molecular weight excluding hydrogens is 258 g/mol. The fraction of sp³-hybridized carbons (Fsp3) is 0.500. The molecule has 6 heteroatoms. The fourth-order valence-corrected chi connectivity index (χ4v) is 2.40. The van der Waals surface area contributed by atoms with Crippen molar-refractivity contribution in [3.05, 3.63) is 18.3 Å². The largest absolute Gasteiger partial charge is 0.504 e. The SMILES string of the molecule is CCC(=O)N1CCCCC1C(=O)Nc1ncccc1O. The summed E-state index contributed by atoms with van der Waals surface area (Å²) in [4.78, 5) is 29.7. The highest BCUT2D eigenvalue weighted by atomic mass is 16.3. The molecule has 1 aliphatic heterocycles. The topological polar surface area (TPSA) is 82.5 Å². The van der Waals surface area contributed by atoms with Gasteiger partial charge in [-0.1, -0.05) is 6.92 Å². The number of amides is 2. The average Bonchev–Trinajstić information content (AvgIpc) is 2.48. The van der Waals surface area contributed by atoms with E-state index in [1.807, 2.05) is 0 Å². The Bertz CT molecular complexity index is 504. The molecule has 0 aromatic carbocycles.